The highest BCUT2D eigenvalue weighted by Gasteiger charge is 2.43. The molecule has 1 unspecified atom stereocenters. The van der Waals surface area contributed by atoms with E-state index in [9.17, 15) is 4.79 Å². The van der Waals surface area contributed by atoms with Gasteiger partial charge in [0.05, 0.1) is 0 Å². The number of rotatable bonds is 5. The van der Waals surface area contributed by atoms with E-state index in [-0.39, 0.29) is 5.41 Å². The highest BCUT2D eigenvalue weighted by Crippen LogP contribution is 2.41. The van der Waals surface area contributed by atoms with Crippen molar-refractivity contribution in [2.45, 2.75) is 53.4 Å². The van der Waals surface area contributed by atoms with Gasteiger partial charge in [0.15, 0.2) is 0 Å². The molecule has 0 N–H and O–H groups in total. The van der Waals surface area contributed by atoms with Crippen molar-refractivity contribution < 1.29 is 4.79 Å². The zero-order valence-electron chi connectivity index (χ0n) is 10.7. The van der Waals surface area contributed by atoms with Gasteiger partial charge < -0.3 is 4.90 Å². The maximum atomic E-state index is 11.9. The smallest absolute Gasteiger partial charge is 0.223 e. The molecule has 0 aliphatic carbocycles. The Morgan fingerprint density at radius 2 is 2.07 bits per heavy atom. The number of carbonyl (C=O) groups excluding carboxylic acids is 1. The number of amides is 1. The van der Waals surface area contributed by atoms with Gasteiger partial charge in [-0.1, -0.05) is 34.1 Å². The van der Waals surface area contributed by atoms with E-state index in [1.165, 1.54) is 6.42 Å². The Morgan fingerprint density at radius 1 is 1.40 bits per heavy atom. The molecule has 88 valence electrons. The molecule has 0 spiro atoms. The van der Waals surface area contributed by atoms with Crippen molar-refractivity contribution >= 4 is 5.91 Å². The van der Waals surface area contributed by atoms with Gasteiger partial charge in [-0.05, 0) is 24.2 Å². The van der Waals surface area contributed by atoms with E-state index in [1.807, 2.05) is 0 Å². The Hall–Kier alpha value is -0.530. The molecule has 0 aromatic heterocycles. The first-order valence-corrected chi connectivity index (χ1v) is 6.33. The van der Waals surface area contributed by atoms with Crippen molar-refractivity contribution in [3.8, 4) is 0 Å². The number of unbranched alkanes of at least 4 members (excludes halogenated alkanes) is 1. The molecule has 1 rings (SSSR count). The van der Waals surface area contributed by atoms with Crippen molar-refractivity contribution in [2.24, 2.45) is 11.3 Å². The first-order chi connectivity index (χ1) is 7.05. The molecule has 0 aromatic carbocycles. The lowest BCUT2D eigenvalue weighted by molar-refractivity contribution is -0.127. The third-order valence-corrected chi connectivity index (χ3v) is 4.07. The van der Waals surface area contributed by atoms with Crippen molar-refractivity contribution in [1.82, 2.24) is 4.90 Å². The Balaban J connectivity index is 2.63. The molecule has 1 amide bonds. The standard InChI is InChI=1S/C13H25NO/c1-5-7-8-14-10-13(6-2,11(3)4)9-12(14)15/h11H,5-10H2,1-4H3. The van der Waals surface area contributed by atoms with Crippen LogP contribution in [0.5, 0.6) is 0 Å². The molecule has 1 heterocycles. The Bertz CT molecular complexity index is 225. The summed E-state index contributed by atoms with van der Waals surface area (Å²) < 4.78 is 0. The minimum absolute atomic E-state index is 0.255. The summed E-state index contributed by atoms with van der Waals surface area (Å²) >= 11 is 0. The minimum Gasteiger partial charge on any atom is -0.342 e. The maximum absolute atomic E-state index is 11.9. The van der Waals surface area contributed by atoms with Crippen LogP contribution in [0.15, 0.2) is 0 Å². The van der Waals surface area contributed by atoms with Crippen molar-refractivity contribution in [1.29, 1.82) is 0 Å². The highest BCUT2D eigenvalue weighted by atomic mass is 16.2. The molecule has 0 saturated carbocycles. The lowest BCUT2D eigenvalue weighted by atomic mass is 9.74. The van der Waals surface area contributed by atoms with Crippen molar-refractivity contribution in [2.75, 3.05) is 13.1 Å². The minimum atomic E-state index is 0.255. The Morgan fingerprint density at radius 3 is 2.47 bits per heavy atom. The molecule has 1 fully saturated rings. The van der Waals surface area contributed by atoms with E-state index < -0.39 is 0 Å². The van der Waals surface area contributed by atoms with E-state index in [0.29, 0.717) is 11.8 Å². The van der Waals surface area contributed by atoms with Crippen LogP contribution in [0.1, 0.15) is 53.4 Å². The second kappa shape index (κ2) is 5.00. The molecule has 1 aliphatic rings. The SMILES string of the molecule is CCCCN1CC(CC)(C(C)C)CC1=O. The lowest BCUT2D eigenvalue weighted by Crippen LogP contribution is -2.32. The summed E-state index contributed by atoms with van der Waals surface area (Å²) in [6.45, 7) is 10.8. The molecule has 2 heteroatoms. The van der Waals surface area contributed by atoms with Crippen LogP contribution in [0.25, 0.3) is 0 Å². The van der Waals surface area contributed by atoms with Crippen molar-refractivity contribution in [3.63, 3.8) is 0 Å². The number of hydrogen-bond acceptors (Lipinski definition) is 1. The number of likely N-dealkylation sites (tertiary alicyclic amines) is 1. The van der Waals surface area contributed by atoms with Gasteiger partial charge in [0.2, 0.25) is 5.91 Å². The van der Waals surface area contributed by atoms with E-state index in [0.717, 1.165) is 32.4 Å². The van der Waals surface area contributed by atoms with E-state index in [4.69, 9.17) is 0 Å². The van der Waals surface area contributed by atoms with Crippen molar-refractivity contribution in [3.05, 3.63) is 0 Å². The molecule has 2 nitrogen and oxygen atoms in total. The normalized spacial score (nSPS) is 26.7. The van der Waals surface area contributed by atoms with Crippen LogP contribution in [-0.2, 0) is 4.79 Å². The van der Waals surface area contributed by atoms with Crippen LogP contribution < -0.4 is 0 Å². The average molecular weight is 211 g/mol. The van der Waals surface area contributed by atoms with Crippen LogP contribution in [-0.4, -0.2) is 23.9 Å². The molecule has 15 heavy (non-hydrogen) atoms. The van der Waals surface area contributed by atoms with Gasteiger partial charge in [-0.15, -0.1) is 0 Å². The van der Waals surface area contributed by atoms with Crippen LogP contribution in [0.4, 0.5) is 0 Å². The fourth-order valence-corrected chi connectivity index (χ4v) is 2.52. The lowest BCUT2D eigenvalue weighted by Gasteiger charge is -2.31. The number of hydrogen-bond donors (Lipinski definition) is 0. The fraction of sp³-hybridized carbons (Fsp3) is 0.923. The summed E-state index contributed by atoms with van der Waals surface area (Å²) in [6.07, 6.45) is 4.21. The molecule has 0 aromatic rings. The first kappa shape index (κ1) is 12.5. The largest absolute Gasteiger partial charge is 0.342 e. The van der Waals surface area contributed by atoms with Gasteiger partial charge in [-0.2, -0.15) is 0 Å². The fourth-order valence-electron chi connectivity index (χ4n) is 2.52. The molecular weight excluding hydrogens is 186 g/mol. The molecule has 1 aliphatic heterocycles. The summed E-state index contributed by atoms with van der Waals surface area (Å²) in [5, 5.41) is 0. The average Bonchev–Trinajstić information content (AvgIpc) is 2.54. The van der Waals surface area contributed by atoms with Crippen LogP contribution >= 0.6 is 0 Å². The Kier molecular flexibility index (Phi) is 4.18. The number of nitrogens with zero attached hydrogens (tertiary/aromatic N) is 1. The highest BCUT2D eigenvalue weighted by molar-refractivity contribution is 5.79. The van der Waals surface area contributed by atoms with Gasteiger partial charge in [-0.3, -0.25) is 4.79 Å². The predicted octanol–water partition coefficient (Wildman–Crippen LogP) is 3.07. The second-order valence-corrected chi connectivity index (χ2v) is 5.22. The summed E-state index contributed by atoms with van der Waals surface area (Å²) in [5.74, 6) is 0.983. The monoisotopic (exact) mass is 211 g/mol. The predicted molar refractivity (Wildman–Crippen MR) is 63.7 cm³/mol. The van der Waals surface area contributed by atoms with Gasteiger partial charge in [0.25, 0.3) is 0 Å². The van der Waals surface area contributed by atoms with E-state index in [2.05, 4.69) is 32.6 Å². The van der Waals surface area contributed by atoms with E-state index >= 15 is 0 Å². The van der Waals surface area contributed by atoms with E-state index in [1.54, 1.807) is 0 Å². The second-order valence-electron chi connectivity index (χ2n) is 5.22. The first-order valence-electron chi connectivity index (χ1n) is 6.33. The van der Waals surface area contributed by atoms with Crippen LogP contribution in [0.3, 0.4) is 0 Å². The Labute approximate surface area is 94.0 Å². The number of carbonyl (C=O) groups is 1. The molecule has 0 bridgehead atoms. The quantitative estimate of drug-likeness (QED) is 0.684. The zero-order valence-corrected chi connectivity index (χ0v) is 10.7. The molecular formula is C13H25NO. The third-order valence-electron chi connectivity index (χ3n) is 4.07. The summed E-state index contributed by atoms with van der Waals surface area (Å²) in [6, 6.07) is 0. The van der Waals surface area contributed by atoms with Gasteiger partial charge in [0.1, 0.15) is 0 Å². The van der Waals surface area contributed by atoms with Crippen LogP contribution in [0.2, 0.25) is 0 Å². The summed E-state index contributed by atoms with van der Waals surface area (Å²) in [5.41, 5.74) is 0.255. The molecule has 1 atom stereocenters. The molecule has 0 radical (unpaired) electrons. The van der Waals surface area contributed by atoms with Gasteiger partial charge in [-0.25, -0.2) is 0 Å². The van der Waals surface area contributed by atoms with Gasteiger partial charge >= 0.3 is 0 Å². The third kappa shape index (κ3) is 2.53. The maximum Gasteiger partial charge on any atom is 0.223 e. The van der Waals surface area contributed by atoms with Crippen LogP contribution in [0, 0.1) is 11.3 Å². The molecule has 1 saturated heterocycles. The summed E-state index contributed by atoms with van der Waals surface area (Å²) in [4.78, 5) is 14.0. The zero-order chi connectivity index (χ0) is 11.5. The topological polar surface area (TPSA) is 20.3 Å². The summed E-state index contributed by atoms with van der Waals surface area (Å²) in [7, 11) is 0. The van der Waals surface area contributed by atoms with Gasteiger partial charge in [0, 0.05) is 19.5 Å².